The van der Waals surface area contributed by atoms with Crippen molar-refractivity contribution in [1.29, 1.82) is 0 Å². The molecule has 2 aromatic rings. The molecule has 1 N–H and O–H groups in total. The number of carbonyl (C=O) groups excluding carboxylic acids is 1. The van der Waals surface area contributed by atoms with E-state index in [4.69, 9.17) is 14.2 Å². The van der Waals surface area contributed by atoms with Crippen LogP contribution >= 0.6 is 0 Å². The normalized spacial score (nSPS) is 15.6. The number of phenols is 1. The van der Waals surface area contributed by atoms with E-state index in [1.807, 2.05) is 18.2 Å². The molecule has 0 spiro atoms. The lowest BCUT2D eigenvalue weighted by Gasteiger charge is -2.42. The van der Waals surface area contributed by atoms with E-state index in [9.17, 15) is 9.90 Å². The molecule has 0 radical (unpaired) electrons. The second kappa shape index (κ2) is 15.2. The first-order valence-corrected chi connectivity index (χ1v) is 13.9. The van der Waals surface area contributed by atoms with Crippen molar-refractivity contribution in [3.05, 3.63) is 65.2 Å². The average molecular weight is 527 g/mol. The summed E-state index contributed by atoms with van der Waals surface area (Å²) < 4.78 is 16.5. The Morgan fingerprint density at radius 1 is 1.08 bits per heavy atom. The molecule has 0 aromatic heterocycles. The zero-order valence-corrected chi connectivity index (χ0v) is 23.7. The van der Waals surface area contributed by atoms with Gasteiger partial charge < -0.3 is 29.1 Å². The van der Waals surface area contributed by atoms with E-state index in [0.29, 0.717) is 38.5 Å². The highest BCUT2D eigenvalue weighted by Gasteiger charge is 2.39. The smallest absolute Gasteiger partial charge is 0.225 e. The Hall–Kier alpha value is -2.45. The summed E-state index contributed by atoms with van der Waals surface area (Å²) in [4.78, 5) is 17.0. The molecule has 1 aliphatic heterocycles. The second-order valence-electron chi connectivity index (χ2n) is 10.3. The molecule has 1 fully saturated rings. The molecule has 3 rings (SSSR count). The van der Waals surface area contributed by atoms with E-state index in [0.717, 1.165) is 56.3 Å². The summed E-state index contributed by atoms with van der Waals surface area (Å²) >= 11 is 0. The van der Waals surface area contributed by atoms with Crippen molar-refractivity contribution in [3.8, 4) is 5.75 Å². The van der Waals surface area contributed by atoms with Gasteiger partial charge in [-0.25, -0.2) is 0 Å². The average Bonchev–Trinajstić information content (AvgIpc) is 2.95. The van der Waals surface area contributed by atoms with Gasteiger partial charge in [-0.2, -0.15) is 0 Å². The maximum Gasteiger partial charge on any atom is 0.225 e. The lowest BCUT2D eigenvalue weighted by Crippen LogP contribution is -2.41. The third kappa shape index (κ3) is 8.03. The predicted octanol–water partition coefficient (Wildman–Crippen LogP) is 4.60. The highest BCUT2D eigenvalue weighted by Crippen LogP contribution is 2.45. The number of methoxy groups -OCH3 is 2. The van der Waals surface area contributed by atoms with Gasteiger partial charge in [0.05, 0.1) is 26.2 Å². The molecule has 1 heterocycles. The van der Waals surface area contributed by atoms with E-state index in [1.54, 1.807) is 19.1 Å². The number of carbonyl (C=O) groups is 1. The number of nitrogens with zero attached hydrogens (tertiary/aromatic N) is 2. The van der Waals surface area contributed by atoms with E-state index < -0.39 is 6.29 Å². The Balaban J connectivity index is 1.59. The van der Waals surface area contributed by atoms with Crippen LogP contribution in [0.25, 0.3) is 0 Å². The molecule has 1 aliphatic rings. The number of likely N-dealkylation sites (tertiary alicyclic amines) is 1. The van der Waals surface area contributed by atoms with Crippen molar-refractivity contribution in [3.63, 3.8) is 0 Å². The van der Waals surface area contributed by atoms with Crippen molar-refractivity contribution < 1.29 is 24.1 Å². The van der Waals surface area contributed by atoms with Crippen LogP contribution in [0.2, 0.25) is 0 Å². The first kappa shape index (κ1) is 30.1. The van der Waals surface area contributed by atoms with Crippen molar-refractivity contribution in [2.45, 2.75) is 57.2 Å². The van der Waals surface area contributed by atoms with Gasteiger partial charge in [-0.1, -0.05) is 55.8 Å². The zero-order chi connectivity index (χ0) is 27.4. The first-order valence-electron chi connectivity index (χ1n) is 13.9. The van der Waals surface area contributed by atoms with Crippen LogP contribution in [-0.2, 0) is 30.8 Å². The molecule has 1 saturated heterocycles. The van der Waals surface area contributed by atoms with Crippen LogP contribution < -0.4 is 0 Å². The monoisotopic (exact) mass is 526 g/mol. The molecule has 2 aromatic carbocycles. The van der Waals surface area contributed by atoms with Crippen LogP contribution in [-0.4, -0.2) is 87.8 Å². The summed E-state index contributed by atoms with van der Waals surface area (Å²) in [5, 5.41) is 11.0. The molecule has 0 saturated carbocycles. The lowest BCUT2D eigenvalue weighted by atomic mass is 9.67. The standard InChI is InChI=1S/C31H46N2O5/c1-5-6-18-33(24-30(36-3)37-4)29(35)15-22-38-21-14-25-12-13-28(34)27(23-25)31(16-19-32(2)20-17-31)26-10-8-7-9-11-26/h7-13,23,30,34H,5-6,14-22,24H2,1-4H3. The summed E-state index contributed by atoms with van der Waals surface area (Å²) in [7, 11) is 5.33. The Morgan fingerprint density at radius 3 is 2.45 bits per heavy atom. The van der Waals surface area contributed by atoms with Gasteiger partial charge in [-0.05, 0) is 63.0 Å². The Morgan fingerprint density at radius 2 is 1.79 bits per heavy atom. The molecular formula is C31H46N2O5. The maximum absolute atomic E-state index is 12.8. The van der Waals surface area contributed by atoms with Crippen LogP contribution in [0.4, 0.5) is 0 Å². The molecule has 0 bridgehead atoms. The third-order valence-corrected chi connectivity index (χ3v) is 7.77. The quantitative estimate of drug-likeness (QED) is 0.270. The summed E-state index contributed by atoms with van der Waals surface area (Å²) in [6.07, 6.45) is 4.51. The number of aromatic hydroxyl groups is 1. The Kier molecular flexibility index (Phi) is 12.1. The zero-order valence-electron chi connectivity index (χ0n) is 23.7. The van der Waals surface area contributed by atoms with E-state index in [-0.39, 0.29) is 11.3 Å². The topological polar surface area (TPSA) is 71.5 Å². The van der Waals surface area contributed by atoms with Gasteiger partial charge in [0.15, 0.2) is 6.29 Å². The number of amides is 1. The van der Waals surface area contributed by atoms with Crippen LogP contribution in [0, 0.1) is 0 Å². The summed E-state index contributed by atoms with van der Waals surface area (Å²) in [6, 6.07) is 16.5. The molecule has 0 aliphatic carbocycles. The predicted molar refractivity (Wildman–Crippen MR) is 150 cm³/mol. The molecular weight excluding hydrogens is 480 g/mol. The highest BCUT2D eigenvalue weighted by atomic mass is 16.7. The number of unbranched alkanes of at least 4 members (excludes halogenated alkanes) is 1. The minimum absolute atomic E-state index is 0.0524. The summed E-state index contributed by atoms with van der Waals surface area (Å²) in [5.74, 6) is 0.405. The fraction of sp³-hybridized carbons (Fsp3) is 0.581. The fourth-order valence-electron chi connectivity index (χ4n) is 5.29. The maximum atomic E-state index is 12.8. The van der Waals surface area contributed by atoms with Gasteiger partial charge in [0, 0.05) is 31.7 Å². The summed E-state index contributed by atoms with van der Waals surface area (Å²) in [6.45, 7) is 6.08. The van der Waals surface area contributed by atoms with Crippen molar-refractivity contribution in [2.24, 2.45) is 0 Å². The third-order valence-electron chi connectivity index (χ3n) is 7.77. The van der Waals surface area contributed by atoms with Crippen molar-refractivity contribution >= 4 is 5.91 Å². The van der Waals surface area contributed by atoms with Gasteiger partial charge in [-0.3, -0.25) is 4.79 Å². The minimum Gasteiger partial charge on any atom is -0.508 e. The van der Waals surface area contributed by atoms with E-state index in [1.165, 1.54) is 5.56 Å². The lowest BCUT2D eigenvalue weighted by molar-refractivity contribution is -0.146. The molecule has 0 unspecified atom stereocenters. The van der Waals surface area contributed by atoms with Crippen molar-refractivity contribution in [2.75, 3.05) is 60.7 Å². The highest BCUT2D eigenvalue weighted by molar-refractivity contribution is 5.76. The summed E-state index contributed by atoms with van der Waals surface area (Å²) in [5.41, 5.74) is 3.19. The minimum atomic E-state index is -0.427. The number of piperidine rings is 1. The van der Waals surface area contributed by atoms with Gasteiger partial charge >= 0.3 is 0 Å². The van der Waals surface area contributed by atoms with Crippen molar-refractivity contribution in [1.82, 2.24) is 9.80 Å². The number of rotatable bonds is 15. The number of hydrogen-bond donors (Lipinski definition) is 1. The molecule has 7 heteroatoms. The van der Waals surface area contributed by atoms with E-state index in [2.05, 4.69) is 49.2 Å². The Bertz CT molecular complexity index is 971. The molecule has 0 atom stereocenters. The van der Waals surface area contributed by atoms with Crippen LogP contribution in [0.15, 0.2) is 48.5 Å². The largest absolute Gasteiger partial charge is 0.508 e. The number of benzene rings is 2. The molecule has 1 amide bonds. The molecule has 210 valence electrons. The molecule has 7 nitrogen and oxygen atoms in total. The van der Waals surface area contributed by atoms with Gasteiger partial charge in [0.25, 0.3) is 0 Å². The van der Waals surface area contributed by atoms with Gasteiger partial charge in [-0.15, -0.1) is 0 Å². The second-order valence-corrected chi connectivity index (χ2v) is 10.3. The number of ether oxygens (including phenoxy) is 3. The van der Waals surface area contributed by atoms with E-state index >= 15 is 0 Å². The van der Waals surface area contributed by atoms with Crippen LogP contribution in [0.1, 0.15) is 55.7 Å². The first-order chi connectivity index (χ1) is 18.4. The number of phenolic OH excluding ortho intramolecular Hbond substituents is 1. The number of hydrogen-bond acceptors (Lipinski definition) is 6. The fourth-order valence-corrected chi connectivity index (χ4v) is 5.29. The SMILES string of the molecule is CCCCN(CC(OC)OC)C(=O)CCOCCc1ccc(O)c(C2(c3ccccc3)CCN(C)CC2)c1. The Labute approximate surface area is 228 Å². The van der Waals surface area contributed by atoms with Gasteiger partial charge in [0.1, 0.15) is 5.75 Å². The van der Waals surface area contributed by atoms with Gasteiger partial charge in [0.2, 0.25) is 5.91 Å². The van der Waals surface area contributed by atoms with Crippen LogP contribution in [0.5, 0.6) is 5.75 Å². The van der Waals surface area contributed by atoms with Crippen LogP contribution in [0.3, 0.4) is 0 Å². The molecule has 38 heavy (non-hydrogen) atoms.